The van der Waals surface area contributed by atoms with Crippen LogP contribution in [0.2, 0.25) is 0 Å². The first-order chi connectivity index (χ1) is 34.5. The Balaban J connectivity index is 4.47. The molecule has 0 aliphatic heterocycles. The predicted molar refractivity (Wildman–Crippen MR) is 302 cm³/mol. The van der Waals surface area contributed by atoms with Gasteiger partial charge in [0.05, 0.1) is 0 Å². The number of hydrogen-bond donors (Lipinski definition) is 0. The van der Waals surface area contributed by atoms with Gasteiger partial charge in [0, 0.05) is 19.3 Å². The molecule has 1 atom stereocenters. The van der Waals surface area contributed by atoms with Gasteiger partial charge in [-0.3, -0.25) is 14.4 Å². The second-order valence-corrected chi connectivity index (χ2v) is 19.7. The Kier molecular flexibility index (Phi) is 55.3. The van der Waals surface area contributed by atoms with Crippen LogP contribution < -0.4 is 0 Å². The minimum Gasteiger partial charge on any atom is -0.462 e. The summed E-state index contributed by atoms with van der Waals surface area (Å²) in [4.78, 5) is 38.2. The van der Waals surface area contributed by atoms with Gasteiger partial charge in [-0.05, 0) is 70.6 Å². The molecule has 0 N–H and O–H groups in total. The number of hydrogen-bond acceptors (Lipinski definition) is 6. The number of esters is 3. The lowest BCUT2D eigenvalue weighted by molar-refractivity contribution is -0.167. The lowest BCUT2D eigenvalue weighted by atomic mass is 10.0. The average molecular weight is 976 g/mol. The Morgan fingerprint density at radius 2 is 0.514 bits per heavy atom. The highest BCUT2D eigenvalue weighted by Gasteiger charge is 2.19. The van der Waals surface area contributed by atoms with Gasteiger partial charge in [0.25, 0.3) is 0 Å². The van der Waals surface area contributed by atoms with Crippen molar-refractivity contribution in [1.82, 2.24) is 0 Å². The van der Waals surface area contributed by atoms with Crippen LogP contribution in [0.1, 0.15) is 284 Å². The molecule has 0 spiro atoms. The van der Waals surface area contributed by atoms with Crippen LogP contribution in [0.15, 0.2) is 85.1 Å². The zero-order valence-corrected chi connectivity index (χ0v) is 46.0. The minimum absolute atomic E-state index is 0.0910. The summed E-state index contributed by atoms with van der Waals surface area (Å²) < 4.78 is 16.9. The highest BCUT2D eigenvalue weighted by molar-refractivity contribution is 5.71. The highest BCUT2D eigenvalue weighted by atomic mass is 16.6. The van der Waals surface area contributed by atoms with E-state index in [0.717, 1.165) is 109 Å². The molecular formula is C64H110O6. The molecule has 0 rings (SSSR count). The smallest absolute Gasteiger partial charge is 0.306 e. The normalized spacial score (nSPS) is 12.7. The first-order valence-electron chi connectivity index (χ1n) is 29.7. The van der Waals surface area contributed by atoms with E-state index >= 15 is 0 Å². The van der Waals surface area contributed by atoms with E-state index in [0.29, 0.717) is 19.3 Å². The zero-order valence-electron chi connectivity index (χ0n) is 46.0. The van der Waals surface area contributed by atoms with Gasteiger partial charge < -0.3 is 14.2 Å². The number of unbranched alkanes of at least 4 members (excludes halogenated alkanes) is 33. The maximum absolute atomic E-state index is 12.9. The van der Waals surface area contributed by atoms with E-state index in [1.54, 1.807) is 0 Å². The fourth-order valence-corrected chi connectivity index (χ4v) is 8.28. The second-order valence-electron chi connectivity index (χ2n) is 19.7. The SMILES string of the molecule is CCCCC\C=C/C=C\C=C/C=C\CCCCCCCC(=O)OCC(COC(=O)CCCCCCCCCCCCCCCCCC)OC(=O)CCCCCCC\C=C/C=C\C=C/CCCCCCC. The van der Waals surface area contributed by atoms with Crippen molar-refractivity contribution < 1.29 is 28.6 Å². The fourth-order valence-electron chi connectivity index (χ4n) is 8.28. The summed E-state index contributed by atoms with van der Waals surface area (Å²) in [5, 5.41) is 0. The molecule has 0 radical (unpaired) electrons. The molecule has 0 saturated heterocycles. The molecule has 402 valence electrons. The van der Waals surface area contributed by atoms with Crippen molar-refractivity contribution in [3.8, 4) is 0 Å². The van der Waals surface area contributed by atoms with Crippen molar-refractivity contribution in [3.05, 3.63) is 85.1 Å². The van der Waals surface area contributed by atoms with Gasteiger partial charge in [-0.1, -0.05) is 279 Å². The maximum atomic E-state index is 12.9. The minimum atomic E-state index is -0.797. The lowest BCUT2D eigenvalue weighted by Gasteiger charge is -2.18. The third-order valence-corrected chi connectivity index (χ3v) is 12.8. The Bertz CT molecular complexity index is 1350. The van der Waals surface area contributed by atoms with Crippen molar-refractivity contribution in [2.75, 3.05) is 13.2 Å². The summed E-state index contributed by atoms with van der Waals surface area (Å²) in [5.41, 5.74) is 0. The molecule has 0 aliphatic carbocycles. The highest BCUT2D eigenvalue weighted by Crippen LogP contribution is 2.16. The number of carbonyl (C=O) groups excluding carboxylic acids is 3. The number of carbonyl (C=O) groups is 3. The van der Waals surface area contributed by atoms with Gasteiger partial charge in [-0.25, -0.2) is 0 Å². The maximum Gasteiger partial charge on any atom is 0.306 e. The number of allylic oxidation sites excluding steroid dienone is 14. The Morgan fingerprint density at radius 3 is 0.829 bits per heavy atom. The van der Waals surface area contributed by atoms with Crippen LogP contribution in [0.4, 0.5) is 0 Å². The molecule has 0 aromatic carbocycles. The first kappa shape index (κ1) is 66.6. The Morgan fingerprint density at radius 1 is 0.286 bits per heavy atom. The molecule has 1 unspecified atom stereocenters. The Labute approximate surface area is 433 Å². The van der Waals surface area contributed by atoms with Crippen LogP contribution >= 0.6 is 0 Å². The molecule has 0 fully saturated rings. The van der Waals surface area contributed by atoms with E-state index in [1.807, 2.05) is 0 Å². The van der Waals surface area contributed by atoms with Crippen molar-refractivity contribution >= 4 is 17.9 Å². The fraction of sp³-hybridized carbons (Fsp3) is 0.734. The largest absolute Gasteiger partial charge is 0.462 e. The predicted octanol–water partition coefficient (Wildman–Crippen LogP) is 19.9. The standard InChI is InChI=1S/C64H110O6/c1-4-7-10-13-16-19-22-25-28-31-33-36-39-42-45-48-51-54-57-63(66)69-60-61(59-68-62(65)56-53-50-47-44-41-38-35-30-27-24-21-18-15-12-9-6-3)70-64(67)58-55-52-49-46-43-40-37-34-32-29-26-23-20-17-14-11-8-5-2/h16,19,22-23,25-26,28-29,31-34,36-37,61H,4-15,17-18,20-21,24,27,30,35,38-60H2,1-3H3/b19-16-,25-22-,26-23-,31-28-,32-29-,36-33-,37-34-. The van der Waals surface area contributed by atoms with Crippen molar-refractivity contribution in [2.45, 2.75) is 290 Å². The van der Waals surface area contributed by atoms with Gasteiger partial charge in [-0.2, -0.15) is 0 Å². The summed E-state index contributed by atoms with van der Waals surface area (Å²) in [7, 11) is 0. The lowest BCUT2D eigenvalue weighted by Crippen LogP contribution is -2.30. The summed E-state index contributed by atoms with van der Waals surface area (Å²) in [6.45, 7) is 6.57. The van der Waals surface area contributed by atoms with Gasteiger partial charge in [0.2, 0.25) is 0 Å². The van der Waals surface area contributed by atoms with E-state index in [-0.39, 0.29) is 31.1 Å². The molecule has 0 aromatic heterocycles. The van der Waals surface area contributed by atoms with Crippen molar-refractivity contribution in [2.24, 2.45) is 0 Å². The molecule has 0 bridgehead atoms. The van der Waals surface area contributed by atoms with Crippen LogP contribution in [0.5, 0.6) is 0 Å². The van der Waals surface area contributed by atoms with Crippen molar-refractivity contribution in [3.63, 3.8) is 0 Å². The molecule has 0 amide bonds. The van der Waals surface area contributed by atoms with E-state index in [2.05, 4.69) is 106 Å². The monoisotopic (exact) mass is 975 g/mol. The van der Waals surface area contributed by atoms with Crippen molar-refractivity contribution in [1.29, 1.82) is 0 Å². The molecule has 6 nitrogen and oxygen atoms in total. The van der Waals surface area contributed by atoms with E-state index in [4.69, 9.17) is 14.2 Å². The van der Waals surface area contributed by atoms with E-state index < -0.39 is 6.10 Å². The average Bonchev–Trinajstić information content (AvgIpc) is 3.36. The molecular weight excluding hydrogens is 865 g/mol. The summed E-state index contributed by atoms with van der Waals surface area (Å²) in [6, 6.07) is 0. The third kappa shape index (κ3) is 55.5. The van der Waals surface area contributed by atoms with Gasteiger partial charge in [0.15, 0.2) is 6.10 Å². The van der Waals surface area contributed by atoms with Crippen LogP contribution in [0.3, 0.4) is 0 Å². The quantitative estimate of drug-likeness (QED) is 0.0261. The van der Waals surface area contributed by atoms with E-state index in [1.165, 1.54) is 135 Å². The number of ether oxygens (including phenoxy) is 3. The summed E-state index contributed by atoms with van der Waals surface area (Å²) >= 11 is 0. The van der Waals surface area contributed by atoms with Gasteiger partial charge in [-0.15, -0.1) is 0 Å². The first-order valence-corrected chi connectivity index (χ1v) is 29.7. The molecule has 0 heterocycles. The van der Waals surface area contributed by atoms with Crippen LogP contribution in [0, 0.1) is 0 Å². The topological polar surface area (TPSA) is 78.9 Å². The molecule has 0 aliphatic rings. The van der Waals surface area contributed by atoms with Crippen LogP contribution in [-0.4, -0.2) is 37.2 Å². The summed E-state index contributed by atoms with van der Waals surface area (Å²) in [5.74, 6) is -0.925. The zero-order chi connectivity index (χ0) is 50.7. The molecule has 70 heavy (non-hydrogen) atoms. The van der Waals surface area contributed by atoms with Crippen LogP contribution in [0.25, 0.3) is 0 Å². The summed E-state index contributed by atoms with van der Waals surface area (Å²) in [6.07, 6.45) is 75.6. The van der Waals surface area contributed by atoms with Gasteiger partial charge >= 0.3 is 17.9 Å². The van der Waals surface area contributed by atoms with Crippen LogP contribution in [-0.2, 0) is 28.6 Å². The van der Waals surface area contributed by atoms with E-state index in [9.17, 15) is 14.4 Å². The number of rotatable bonds is 53. The molecule has 6 heteroatoms. The van der Waals surface area contributed by atoms with Gasteiger partial charge in [0.1, 0.15) is 13.2 Å². The molecule has 0 aromatic rings. The Hall–Kier alpha value is -3.41. The molecule has 0 saturated carbocycles. The second kappa shape index (κ2) is 58.2. The third-order valence-electron chi connectivity index (χ3n) is 12.8.